The Kier molecular flexibility index (Phi) is 5.49. The first-order chi connectivity index (χ1) is 8.12. The quantitative estimate of drug-likeness (QED) is 0.817. The molecule has 0 aromatic heterocycles. The largest absolute Gasteiger partial charge is 0.392 e. The second-order valence-electron chi connectivity index (χ2n) is 4.83. The number of aryl methyl sites for hydroxylation is 1. The van der Waals surface area contributed by atoms with Crippen molar-refractivity contribution in [3.8, 4) is 0 Å². The van der Waals surface area contributed by atoms with Crippen molar-refractivity contribution in [1.29, 1.82) is 0 Å². The highest BCUT2D eigenvalue weighted by Gasteiger charge is 2.10. The standard InChI is InChI=1S/C15H25NO/c1-5-12(3)10-16(6-2)15-8-7-14(11-17)9-13(15)4/h7-9,12,17H,5-6,10-11H2,1-4H3. The first kappa shape index (κ1) is 14.0. The predicted molar refractivity (Wildman–Crippen MR) is 74.4 cm³/mol. The molecule has 0 radical (unpaired) electrons. The van der Waals surface area contributed by atoms with Gasteiger partial charge in [-0.1, -0.05) is 32.4 Å². The zero-order chi connectivity index (χ0) is 12.8. The van der Waals surface area contributed by atoms with E-state index in [0.717, 1.165) is 18.7 Å². The summed E-state index contributed by atoms with van der Waals surface area (Å²) in [6, 6.07) is 6.23. The van der Waals surface area contributed by atoms with E-state index in [1.165, 1.54) is 17.7 Å². The van der Waals surface area contributed by atoms with Gasteiger partial charge in [-0.05, 0) is 37.0 Å². The van der Waals surface area contributed by atoms with Crippen LogP contribution in [0, 0.1) is 12.8 Å². The van der Waals surface area contributed by atoms with Gasteiger partial charge in [0.25, 0.3) is 0 Å². The highest BCUT2D eigenvalue weighted by atomic mass is 16.3. The molecule has 1 atom stereocenters. The minimum Gasteiger partial charge on any atom is -0.392 e. The highest BCUT2D eigenvalue weighted by molar-refractivity contribution is 5.54. The van der Waals surface area contributed by atoms with Crippen LogP contribution < -0.4 is 4.90 Å². The number of aliphatic hydroxyl groups is 1. The molecule has 0 heterocycles. The van der Waals surface area contributed by atoms with Gasteiger partial charge >= 0.3 is 0 Å². The number of hydrogen-bond donors (Lipinski definition) is 1. The van der Waals surface area contributed by atoms with Crippen LogP contribution in [0.1, 0.15) is 38.3 Å². The van der Waals surface area contributed by atoms with Gasteiger partial charge in [0.05, 0.1) is 6.61 Å². The van der Waals surface area contributed by atoms with E-state index in [1.54, 1.807) is 0 Å². The molecule has 2 heteroatoms. The fourth-order valence-corrected chi connectivity index (χ4v) is 2.07. The Hall–Kier alpha value is -1.02. The van der Waals surface area contributed by atoms with Crippen LogP contribution in [0.5, 0.6) is 0 Å². The third kappa shape index (κ3) is 3.74. The second-order valence-corrected chi connectivity index (χ2v) is 4.83. The summed E-state index contributed by atoms with van der Waals surface area (Å²) in [6.45, 7) is 11.1. The molecule has 1 unspecified atom stereocenters. The molecule has 96 valence electrons. The molecule has 1 aromatic rings. The first-order valence-electron chi connectivity index (χ1n) is 6.57. The van der Waals surface area contributed by atoms with Crippen LogP contribution in [-0.4, -0.2) is 18.2 Å². The van der Waals surface area contributed by atoms with Crippen molar-refractivity contribution >= 4 is 5.69 Å². The zero-order valence-corrected chi connectivity index (χ0v) is 11.5. The number of aliphatic hydroxyl groups excluding tert-OH is 1. The van der Waals surface area contributed by atoms with Crippen molar-refractivity contribution in [2.75, 3.05) is 18.0 Å². The molecule has 0 saturated heterocycles. The predicted octanol–water partition coefficient (Wildman–Crippen LogP) is 3.36. The second kappa shape index (κ2) is 6.65. The summed E-state index contributed by atoms with van der Waals surface area (Å²) in [5.74, 6) is 0.715. The van der Waals surface area contributed by atoms with Crippen LogP contribution in [0.2, 0.25) is 0 Å². The van der Waals surface area contributed by atoms with Crippen LogP contribution in [0.4, 0.5) is 5.69 Å². The van der Waals surface area contributed by atoms with Crippen molar-refractivity contribution in [3.63, 3.8) is 0 Å². The maximum atomic E-state index is 9.12. The van der Waals surface area contributed by atoms with E-state index in [1.807, 2.05) is 6.07 Å². The van der Waals surface area contributed by atoms with Gasteiger partial charge in [0.15, 0.2) is 0 Å². The summed E-state index contributed by atoms with van der Waals surface area (Å²) in [5, 5.41) is 9.12. The molecule has 0 saturated carbocycles. The molecule has 1 aromatic carbocycles. The highest BCUT2D eigenvalue weighted by Crippen LogP contribution is 2.22. The third-order valence-electron chi connectivity index (χ3n) is 3.40. The van der Waals surface area contributed by atoms with E-state index in [9.17, 15) is 0 Å². The summed E-state index contributed by atoms with van der Waals surface area (Å²) < 4.78 is 0. The van der Waals surface area contributed by atoms with Gasteiger partial charge in [-0.15, -0.1) is 0 Å². The third-order valence-corrected chi connectivity index (χ3v) is 3.40. The molecular formula is C15H25NO. The monoisotopic (exact) mass is 235 g/mol. The minimum atomic E-state index is 0.124. The van der Waals surface area contributed by atoms with E-state index < -0.39 is 0 Å². The maximum Gasteiger partial charge on any atom is 0.0681 e. The molecule has 1 rings (SSSR count). The Morgan fingerprint density at radius 1 is 1.29 bits per heavy atom. The van der Waals surface area contributed by atoms with Crippen molar-refractivity contribution in [2.24, 2.45) is 5.92 Å². The van der Waals surface area contributed by atoms with Crippen molar-refractivity contribution in [1.82, 2.24) is 0 Å². The minimum absolute atomic E-state index is 0.124. The van der Waals surface area contributed by atoms with Crippen LogP contribution in [0.3, 0.4) is 0 Å². The Balaban J connectivity index is 2.88. The molecule has 17 heavy (non-hydrogen) atoms. The summed E-state index contributed by atoms with van der Waals surface area (Å²) in [5.41, 5.74) is 3.54. The van der Waals surface area contributed by atoms with Gasteiger partial charge < -0.3 is 10.0 Å². The number of anilines is 1. The molecular weight excluding hydrogens is 210 g/mol. The van der Waals surface area contributed by atoms with Gasteiger partial charge in [-0.2, -0.15) is 0 Å². The molecule has 0 fully saturated rings. The molecule has 0 bridgehead atoms. The molecule has 2 nitrogen and oxygen atoms in total. The first-order valence-corrected chi connectivity index (χ1v) is 6.57. The van der Waals surface area contributed by atoms with Crippen LogP contribution in [0.25, 0.3) is 0 Å². The van der Waals surface area contributed by atoms with Crippen molar-refractivity contribution in [2.45, 2.75) is 40.7 Å². The average molecular weight is 235 g/mol. The van der Waals surface area contributed by atoms with Crippen molar-refractivity contribution < 1.29 is 5.11 Å². The Labute approximate surface area is 105 Å². The van der Waals surface area contributed by atoms with E-state index in [2.05, 4.69) is 44.7 Å². The lowest BCUT2D eigenvalue weighted by molar-refractivity contribution is 0.282. The van der Waals surface area contributed by atoms with Crippen LogP contribution in [-0.2, 0) is 6.61 Å². The van der Waals surface area contributed by atoms with Gasteiger partial charge in [-0.25, -0.2) is 0 Å². The number of nitrogens with zero attached hydrogens (tertiary/aromatic N) is 1. The average Bonchev–Trinajstić information content (AvgIpc) is 2.35. The maximum absolute atomic E-state index is 9.12. The van der Waals surface area contributed by atoms with E-state index in [4.69, 9.17) is 5.11 Å². The van der Waals surface area contributed by atoms with Gasteiger partial charge in [0.1, 0.15) is 0 Å². The topological polar surface area (TPSA) is 23.5 Å². The SMILES string of the molecule is CCC(C)CN(CC)c1ccc(CO)cc1C. The Morgan fingerprint density at radius 3 is 2.47 bits per heavy atom. The molecule has 0 aliphatic carbocycles. The number of rotatable bonds is 6. The fraction of sp³-hybridized carbons (Fsp3) is 0.600. The summed E-state index contributed by atoms with van der Waals surface area (Å²) in [4.78, 5) is 2.42. The number of benzene rings is 1. The van der Waals surface area contributed by atoms with Gasteiger partial charge in [0, 0.05) is 18.8 Å². The normalized spacial score (nSPS) is 12.5. The van der Waals surface area contributed by atoms with Crippen molar-refractivity contribution in [3.05, 3.63) is 29.3 Å². The zero-order valence-electron chi connectivity index (χ0n) is 11.5. The van der Waals surface area contributed by atoms with E-state index >= 15 is 0 Å². The smallest absolute Gasteiger partial charge is 0.0681 e. The fourth-order valence-electron chi connectivity index (χ4n) is 2.07. The molecule has 0 aliphatic heterocycles. The number of hydrogen-bond acceptors (Lipinski definition) is 2. The molecule has 0 spiro atoms. The lowest BCUT2D eigenvalue weighted by Crippen LogP contribution is -2.28. The van der Waals surface area contributed by atoms with Gasteiger partial charge in [0.2, 0.25) is 0 Å². The van der Waals surface area contributed by atoms with Crippen LogP contribution in [0.15, 0.2) is 18.2 Å². The summed E-state index contributed by atoms with van der Waals surface area (Å²) in [6.07, 6.45) is 1.21. The molecule has 1 N–H and O–H groups in total. The molecule has 0 aliphatic rings. The van der Waals surface area contributed by atoms with E-state index in [0.29, 0.717) is 5.92 Å². The molecule has 0 amide bonds. The van der Waals surface area contributed by atoms with E-state index in [-0.39, 0.29) is 6.61 Å². The summed E-state index contributed by atoms with van der Waals surface area (Å²) >= 11 is 0. The van der Waals surface area contributed by atoms with Crippen LogP contribution >= 0.6 is 0 Å². The summed E-state index contributed by atoms with van der Waals surface area (Å²) in [7, 11) is 0. The lowest BCUT2D eigenvalue weighted by atomic mass is 10.1. The van der Waals surface area contributed by atoms with Gasteiger partial charge in [-0.3, -0.25) is 0 Å². The Bertz CT molecular complexity index is 349. The Morgan fingerprint density at radius 2 is 2.00 bits per heavy atom. The lowest BCUT2D eigenvalue weighted by Gasteiger charge is -2.28.